The van der Waals surface area contributed by atoms with Crippen LogP contribution >= 0.6 is 11.6 Å². The first kappa shape index (κ1) is 25.9. The Morgan fingerprint density at radius 1 is 1.12 bits per heavy atom. The summed E-state index contributed by atoms with van der Waals surface area (Å²) in [4.78, 5) is 38.0. The van der Waals surface area contributed by atoms with Crippen molar-refractivity contribution in [2.45, 2.75) is 40.5 Å². The van der Waals surface area contributed by atoms with Gasteiger partial charge in [0.05, 0.1) is 0 Å². The van der Waals surface area contributed by atoms with Crippen molar-refractivity contribution < 1.29 is 18.8 Å². The molecule has 1 aliphatic rings. The summed E-state index contributed by atoms with van der Waals surface area (Å²) in [5.74, 6) is 0.640. The summed E-state index contributed by atoms with van der Waals surface area (Å²) in [7, 11) is 0. The number of benzene rings is 1. The number of Topliss-reactive ketones (excluding diaryl/α,β-unsaturated/α-hetero) is 1. The standard InChI is InChI=1S/C25H26N2O4.CH3Cl/c1-5-7-9-19(8-6-2)27-24(29)22(26-25(27)30)15-20-11-13-23(31-20)21-12-10-18(17(4)28)14-16(21)3;1-2/h7-15H,5-6H2,1-4H3,(H,26,30);1H3/b9-7-,19-8+,22-15+;. The summed E-state index contributed by atoms with van der Waals surface area (Å²) in [5.41, 5.74) is 3.12. The number of allylic oxidation sites excluding steroid dienone is 3. The molecule has 7 heteroatoms. The Labute approximate surface area is 199 Å². The van der Waals surface area contributed by atoms with E-state index < -0.39 is 11.9 Å². The first-order valence-electron chi connectivity index (χ1n) is 10.7. The number of aryl methyl sites for hydroxylation is 1. The molecule has 174 valence electrons. The van der Waals surface area contributed by atoms with E-state index in [1.165, 1.54) is 19.4 Å². The number of urea groups is 1. The molecule has 1 saturated heterocycles. The van der Waals surface area contributed by atoms with Crippen LogP contribution in [0.25, 0.3) is 17.4 Å². The number of hydrogen-bond acceptors (Lipinski definition) is 4. The molecule has 2 aromatic rings. The maximum absolute atomic E-state index is 12.9. The third-order valence-corrected chi connectivity index (χ3v) is 4.89. The molecular weight excluding hydrogens is 440 g/mol. The van der Waals surface area contributed by atoms with E-state index in [-0.39, 0.29) is 11.5 Å². The minimum atomic E-state index is -0.487. The van der Waals surface area contributed by atoms with Gasteiger partial charge in [-0.05, 0) is 56.5 Å². The van der Waals surface area contributed by atoms with Crippen molar-refractivity contribution in [3.63, 3.8) is 0 Å². The van der Waals surface area contributed by atoms with Crippen LogP contribution in [0.3, 0.4) is 0 Å². The normalized spacial score (nSPS) is 15.2. The molecule has 3 rings (SSSR count). The number of nitrogens with one attached hydrogen (secondary N) is 1. The van der Waals surface area contributed by atoms with Gasteiger partial charge in [-0.25, -0.2) is 9.69 Å². The summed E-state index contributed by atoms with van der Waals surface area (Å²) in [6.45, 7) is 7.37. The van der Waals surface area contributed by atoms with Crippen molar-refractivity contribution in [2.24, 2.45) is 0 Å². The molecule has 33 heavy (non-hydrogen) atoms. The lowest BCUT2D eigenvalue weighted by Crippen LogP contribution is -2.29. The third-order valence-electron chi connectivity index (χ3n) is 4.89. The third kappa shape index (κ3) is 6.11. The fourth-order valence-corrected chi connectivity index (χ4v) is 3.33. The molecule has 3 amide bonds. The number of ketones is 1. The molecule has 1 aliphatic heterocycles. The van der Waals surface area contributed by atoms with Gasteiger partial charge in [0.25, 0.3) is 5.91 Å². The molecule has 0 spiro atoms. The second-order valence-corrected chi connectivity index (χ2v) is 7.26. The number of halogens is 1. The van der Waals surface area contributed by atoms with Gasteiger partial charge in [-0.15, -0.1) is 11.6 Å². The molecule has 0 unspecified atom stereocenters. The maximum atomic E-state index is 12.9. The van der Waals surface area contributed by atoms with Crippen LogP contribution in [0.4, 0.5) is 4.79 Å². The minimum absolute atomic E-state index is 0.00447. The first-order valence-corrected chi connectivity index (χ1v) is 11.4. The van der Waals surface area contributed by atoms with E-state index in [1.54, 1.807) is 24.3 Å². The highest BCUT2D eigenvalue weighted by molar-refractivity contribution is 6.15. The van der Waals surface area contributed by atoms with Crippen molar-refractivity contribution in [3.05, 3.63) is 76.8 Å². The van der Waals surface area contributed by atoms with Gasteiger partial charge < -0.3 is 9.73 Å². The Morgan fingerprint density at radius 3 is 2.45 bits per heavy atom. The monoisotopic (exact) mass is 468 g/mol. The second-order valence-electron chi connectivity index (χ2n) is 7.26. The number of furan rings is 1. The van der Waals surface area contributed by atoms with E-state index in [0.717, 1.165) is 22.4 Å². The number of carbonyl (C=O) groups is 3. The molecule has 6 nitrogen and oxygen atoms in total. The Balaban J connectivity index is 0.00000187. The maximum Gasteiger partial charge on any atom is 0.333 e. The van der Waals surface area contributed by atoms with E-state index in [9.17, 15) is 14.4 Å². The van der Waals surface area contributed by atoms with Crippen LogP contribution in [0.15, 0.2) is 64.4 Å². The van der Waals surface area contributed by atoms with Gasteiger partial charge in [0.2, 0.25) is 0 Å². The number of rotatable bonds is 7. The summed E-state index contributed by atoms with van der Waals surface area (Å²) < 4.78 is 5.89. The molecule has 0 aliphatic carbocycles. The average Bonchev–Trinajstić information content (AvgIpc) is 3.36. The zero-order valence-electron chi connectivity index (χ0n) is 19.6. The molecule has 0 bridgehead atoms. The fraction of sp³-hybridized carbons (Fsp3) is 0.269. The Kier molecular flexibility index (Phi) is 9.43. The van der Waals surface area contributed by atoms with E-state index in [2.05, 4.69) is 16.9 Å². The van der Waals surface area contributed by atoms with Gasteiger partial charge in [0.1, 0.15) is 17.2 Å². The lowest BCUT2D eigenvalue weighted by atomic mass is 10.0. The SMILES string of the molecule is CC/C=C\C(=C/CC)N1C(=O)N/C(=C/c2ccc(-c3ccc(C(C)=O)cc3C)o2)C1=O.CCl. The number of alkyl halides is 1. The van der Waals surface area contributed by atoms with Crippen LogP contribution < -0.4 is 5.32 Å². The topological polar surface area (TPSA) is 79.6 Å². The van der Waals surface area contributed by atoms with Crippen molar-refractivity contribution in [3.8, 4) is 11.3 Å². The van der Waals surface area contributed by atoms with E-state index >= 15 is 0 Å². The van der Waals surface area contributed by atoms with Gasteiger partial charge in [-0.3, -0.25) is 9.59 Å². The highest BCUT2D eigenvalue weighted by Gasteiger charge is 2.35. The van der Waals surface area contributed by atoms with Crippen LogP contribution in [0, 0.1) is 6.92 Å². The molecular formula is C26H29ClN2O4. The van der Waals surface area contributed by atoms with E-state index in [1.807, 2.05) is 45.1 Å². The van der Waals surface area contributed by atoms with Crippen LogP contribution in [-0.4, -0.2) is 29.0 Å². The van der Waals surface area contributed by atoms with Gasteiger partial charge in [-0.1, -0.05) is 38.1 Å². The minimum Gasteiger partial charge on any atom is -0.457 e. The predicted octanol–water partition coefficient (Wildman–Crippen LogP) is 6.47. The summed E-state index contributed by atoms with van der Waals surface area (Å²) >= 11 is 4.64. The number of carbonyl (C=O) groups excluding carboxylic acids is 3. The molecule has 1 aromatic carbocycles. The highest BCUT2D eigenvalue weighted by Crippen LogP contribution is 2.28. The first-order chi connectivity index (χ1) is 15.8. The molecule has 1 aromatic heterocycles. The van der Waals surface area contributed by atoms with Gasteiger partial charge in [0, 0.05) is 29.3 Å². The summed E-state index contributed by atoms with van der Waals surface area (Å²) in [6, 6.07) is 8.47. The second kappa shape index (κ2) is 12.0. The van der Waals surface area contributed by atoms with Crippen LogP contribution in [0.5, 0.6) is 0 Å². The summed E-state index contributed by atoms with van der Waals surface area (Å²) in [5, 5.41) is 2.62. The zero-order valence-corrected chi connectivity index (χ0v) is 20.3. The van der Waals surface area contributed by atoms with Crippen molar-refractivity contribution in [1.82, 2.24) is 10.2 Å². The lowest BCUT2D eigenvalue weighted by molar-refractivity contribution is -0.121. The average molecular weight is 469 g/mol. The number of imide groups is 1. The van der Waals surface area contributed by atoms with Gasteiger partial charge in [0.15, 0.2) is 5.78 Å². The summed E-state index contributed by atoms with van der Waals surface area (Å²) in [6.07, 6.45) is 10.0. The zero-order chi connectivity index (χ0) is 24.5. The predicted molar refractivity (Wildman–Crippen MR) is 132 cm³/mol. The number of amides is 3. The van der Waals surface area contributed by atoms with Crippen molar-refractivity contribution in [1.29, 1.82) is 0 Å². The van der Waals surface area contributed by atoms with E-state index in [0.29, 0.717) is 29.2 Å². The molecule has 0 saturated carbocycles. The highest BCUT2D eigenvalue weighted by atomic mass is 35.5. The van der Waals surface area contributed by atoms with Gasteiger partial charge in [-0.2, -0.15) is 0 Å². The lowest BCUT2D eigenvalue weighted by Gasteiger charge is -2.13. The molecule has 2 heterocycles. The van der Waals surface area contributed by atoms with E-state index in [4.69, 9.17) is 4.42 Å². The van der Waals surface area contributed by atoms with Crippen LogP contribution in [0.1, 0.15) is 55.3 Å². The molecule has 0 atom stereocenters. The van der Waals surface area contributed by atoms with Crippen molar-refractivity contribution in [2.75, 3.05) is 6.38 Å². The Hall–Kier alpha value is -3.38. The smallest absolute Gasteiger partial charge is 0.333 e. The number of hydrogen-bond donors (Lipinski definition) is 1. The molecule has 0 radical (unpaired) electrons. The Bertz CT molecular complexity index is 1130. The van der Waals surface area contributed by atoms with Crippen LogP contribution in [0.2, 0.25) is 0 Å². The van der Waals surface area contributed by atoms with Gasteiger partial charge >= 0.3 is 6.03 Å². The Morgan fingerprint density at radius 2 is 1.85 bits per heavy atom. The molecule has 1 N–H and O–H groups in total. The quantitative estimate of drug-likeness (QED) is 0.166. The van der Waals surface area contributed by atoms with Crippen molar-refractivity contribution >= 4 is 35.4 Å². The molecule has 1 fully saturated rings. The fourth-order valence-electron chi connectivity index (χ4n) is 3.33. The number of nitrogens with zero attached hydrogens (tertiary/aromatic N) is 1. The van der Waals surface area contributed by atoms with Crippen LogP contribution in [-0.2, 0) is 4.79 Å². The largest absolute Gasteiger partial charge is 0.457 e.